The van der Waals surface area contributed by atoms with Crippen LogP contribution in [0.4, 0.5) is 4.39 Å². The first-order chi connectivity index (χ1) is 7.88. The molecule has 0 radical (unpaired) electrons. The zero-order valence-electron chi connectivity index (χ0n) is 8.94. The van der Waals surface area contributed by atoms with E-state index >= 15 is 0 Å². The molecule has 0 spiro atoms. The summed E-state index contributed by atoms with van der Waals surface area (Å²) in [5, 5.41) is 0. The first kappa shape index (κ1) is 13.9. The summed E-state index contributed by atoms with van der Waals surface area (Å²) in [6, 6.07) is 3.27. The highest BCUT2D eigenvalue weighted by molar-refractivity contribution is 8.13. The molecule has 0 aromatic heterocycles. The van der Waals surface area contributed by atoms with Gasteiger partial charge in [0.2, 0.25) is 0 Å². The molecule has 0 aliphatic rings. The van der Waals surface area contributed by atoms with Gasteiger partial charge in [-0.25, -0.2) is 17.6 Å². The number of carbonyl (C=O) groups is 1. The number of halogens is 2. The average molecular weight is 281 g/mol. The number of ether oxygens (including phenoxy) is 1. The summed E-state index contributed by atoms with van der Waals surface area (Å²) in [6.45, 7) is 1.90. The van der Waals surface area contributed by atoms with Crippen LogP contribution in [-0.2, 0) is 13.8 Å². The number of hydrogen-bond donors (Lipinski definition) is 0. The Labute approximate surface area is 103 Å². The Morgan fingerprint density at radius 2 is 2.12 bits per heavy atom. The molecule has 0 aliphatic heterocycles. The first-order valence-corrected chi connectivity index (χ1v) is 7.09. The Bertz CT molecular complexity index is 527. The number of esters is 1. The largest absolute Gasteiger partial charge is 0.462 e. The van der Waals surface area contributed by atoms with Crippen molar-refractivity contribution in [3.63, 3.8) is 0 Å². The molecule has 0 aliphatic carbocycles. The van der Waals surface area contributed by atoms with Crippen molar-refractivity contribution in [2.45, 2.75) is 18.2 Å². The molecular formula is C10H10ClFO4S. The Morgan fingerprint density at radius 1 is 1.47 bits per heavy atom. The quantitative estimate of drug-likeness (QED) is 0.627. The summed E-state index contributed by atoms with van der Waals surface area (Å²) in [6.07, 6.45) is 0.573. The highest BCUT2D eigenvalue weighted by atomic mass is 35.7. The normalized spacial score (nSPS) is 11.2. The zero-order chi connectivity index (χ0) is 13.1. The van der Waals surface area contributed by atoms with E-state index in [0.29, 0.717) is 6.42 Å². The van der Waals surface area contributed by atoms with Gasteiger partial charge in [-0.1, -0.05) is 13.0 Å². The second kappa shape index (κ2) is 5.46. The van der Waals surface area contributed by atoms with E-state index in [1.54, 1.807) is 6.92 Å². The van der Waals surface area contributed by atoms with Gasteiger partial charge in [-0.05, 0) is 18.6 Å². The van der Waals surface area contributed by atoms with Crippen molar-refractivity contribution in [3.8, 4) is 0 Å². The van der Waals surface area contributed by atoms with E-state index < -0.39 is 31.3 Å². The monoisotopic (exact) mass is 280 g/mol. The molecule has 0 bridgehead atoms. The van der Waals surface area contributed by atoms with Gasteiger partial charge in [-0.15, -0.1) is 0 Å². The highest BCUT2D eigenvalue weighted by Gasteiger charge is 2.25. The third kappa shape index (κ3) is 3.41. The van der Waals surface area contributed by atoms with E-state index in [2.05, 4.69) is 0 Å². The van der Waals surface area contributed by atoms with Gasteiger partial charge >= 0.3 is 5.97 Å². The minimum Gasteiger partial charge on any atom is -0.462 e. The lowest BCUT2D eigenvalue weighted by Gasteiger charge is -2.07. The SMILES string of the molecule is CCCOC(=O)c1cccc(F)c1S(=O)(=O)Cl. The molecule has 1 rings (SSSR count). The average Bonchev–Trinajstić information content (AvgIpc) is 2.23. The second-order valence-corrected chi connectivity index (χ2v) is 5.69. The summed E-state index contributed by atoms with van der Waals surface area (Å²) in [4.78, 5) is 10.7. The summed E-state index contributed by atoms with van der Waals surface area (Å²) in [7, 11) is 0.734. The van der Waals surface area contributed by atoms with Crippen molar-refractivity contribution in [1.29, 1.82) is 0 Å². The van der Waals surface area contributed by atoms with Crippen molar-refractivity contribution >= 4 is 25.7 Å². The van der Waals surface area contributed by atoms with Crippen LogP contribution < -0.4 is 0 Å². The lowest BCUT2D eigenvalue weighted by molar-refractivity contribution is 0.0499. The van der Waals surface area contributed by atoms with Crippen molar-refractivity contribution < 1.29 is 22.3 Å². The third-order valence-corrected chi connectivity index (χ3v) is 3.23. The maximum Gasteiger partial charge on any atom is 0.339 e. The molecule has 0 heterocycles. The van der Waals surface area contributed by atoms with Crippen LogP contribution in [0.3, 0.4) is 0 Å². The molecule has 0 unspecified atom stereocenters. The fourth-order valence-corrected chi connectivity index (χ4v) is 2.38. The molecule has 17 heavy (non-hydrogen) atoms. The minimum atomic E-state index is -4.34. The van der Waals surface area contributed by atoms with E-state index in [9.17, 15) is 17.6 Å². The van der Waals surface area contributed by atoms with Gasteiger partial charge in [0.1, 0.15) is 10.7 Å². The Hall–Kier alpha value is -1.14. The molecule has 1 aromatic carbocycles. The van der Waals surface area contributed by atoms with Crippen LogP contribution in [0.5, 0.6) is 0 Å². The number of benzene rings is 1. The topological polar surface area (TPSA) is 60.4 Å². The predicted molar refractivity (Wildman–Crippen MR) is 60.0 cm³/mol. The van der Waals surface area contributed by atoms with Crippen molar-refractivity contribution in [2.24, 2.45) is 0 Å². The summed E-state index contributed by atoms with van der Waals surface area (Å²) < 4.78 is 40.4. The molecule has 7 heteroatoms. The fraction of sp³-hybridized carbons (Fsp3) is 0.300. The lowest BCUT2D eigenvalue weighted by atomic mass is 10.2. The van der Waals surface area contributed by atoms with Gasteiger partial charge in [0.25, 0.3) is 9.05 Å². The molecule has 1 aromatic rings. The number of rotatable bonds is 4. The third-order valence-electron chi connectivity index (χ3n) is 1.87. The van der Waals surface area contributed by atoms with Gasteiger partial charge in [-0.3, -0.25) is 0 Å². The molecule has 0 saturated heterocycles. The van der Waals surface area contributed by atoms with Gasteiger partial charge in [0.05, 0.1) is 12.2 Å². The molecule has 0 atom stereocenters. The summed E-state index contributed by atoms with van der Waals surface area (Å²) in [5.74, 6) is -1.99. The van der Waals surface area contributed by atoms with E-state index in [-0.39, 0.29) is 6.61 Å². The van der Waals surface area contributed by atoms with Crippen LogP contribution in [-0.4, -0.2) is 21.0 Å². The maximum atomic E-state index is 13.4. The standard InChI is InChI=1S/C10H10ClFO4S/c1-2-6-16-10(13)7-4-3-5-8(12)9(7)17(11,14)15/h3-5H,2,6H2,1H3. The van der Waals surface area contributed by atoms with E-state index in [1.165, 1.54) is 6.07 Å². The van der Waals surface area contributed by atoms with Gasteiger partial charge in [0, 0.05) is 10.7 Å². The summed E-state index contributed by atoms with van der Waals surface area (Å²) >= 11 is 0. The van der Waals surface area contributed by atoms with Crippen LogP contribution in [0.1, 0.15) is 23.7 Å². The summed E-state index contributed by atoms with van der Waals surface area (Å²) in [5.41, 5.74) is -0.395. The van der Waals surface area contributed by atoms with Crippen LogP contribution in [0.25, 0.3) is 0 Å². The highest BCUT2D eigenvalue weighted by Crippen LogP contribution is 2.24. The molecule has 4 nitrogen and oxygen atoms in total. The fourth-order valence-electron chi connectivity index (χ4n) is 1.19. The van der Waals surface area contributed by atoms with Gasteiger partial charge in [0.15, 0.2) is 0 Å². The number of carbonyl (C=O) groups excluding carboxylic acids is 1. The molecule has 0 amide bonds. The van der Waals surface area contributed by atoms with E-state index in [1.807, 2.05) is 0 Å². The van der Waals surface area contributed by atoms with Crippen LogP contribution in [0.15, 0.2) is 23.1 Å². The Kier molecular flexibility index (Phi) is 4.47. The second-order valence-electron chi connectivity index (χ2n) is 3.19. The molecule has 0 saturated carbocycles. The lowest BCUT2D eigenvalue weighted by Crippen LogP contribution is -2.11. The number of hydrogen-bond acceptors (Lipinski definition) is 4. The van der Waals surface area contributed by atoms with Crippen molar-refractivity contribution in [2.75, 3.05) is 6.61 Å². The van der Waals surface area contributed by atoms with E-state index in [4.69, 9.17) is 15.4 Å². The van der Waals surface area contributed by atoms with Crippen molar-refractivity contribution in [3.05, 3.63) is 29.6 Å². The Balaban J connectivity index is 3.25. The molecular weight excluding hydrogens is 271 g/mol. The molecule has 0 N–H and O–H groups in total. The maximum absolute atomic E-state index is 13.4. The van der Waals surface area contributed by atoms with Crippen LogP contribution >= 0.6 is 10.7 Å². The molecule has 94 valence electrons. The predicted octanol–water partition coefficient (Wildman–Crippen LogP) is 2.32. The Morgan fingerprint density at radius 3 is 2.65 bits per heavy atom. The van der Waals surface area contributed by atoms with Crippen LogP contribution in [0, 0.1) is 5.82 Å². The molecule has 0 fully saturated rings. The van der Waals surface area contributed by atoms with Gasteiger partial charge < -0.3 is 4.74 Å². The van der Waals surface area contributed by atoms with Crippen LogP contribution in [0.2, 0.25) is 0 Å². The zero-order valence-corrected chi connectivity index (χ0v) is 10.5. The van der Waals surface area contributed by atoms with Gasteiger partial charge in [-0.2, -0.15) is 0 Å². The van der Waals surface area contributed by atoms with E-state index in [0.717, 1.165) is 12.1 Å². The van der Waals surface area contributed by atoms with Crippen molar-refractivity contribution in [1.82, 2.24) is 0 Å². The first-order valence-electron chi connectivity index (χ1n) is 4.78. The minimum absolute atomic E-state index is 0.122. The smallest absolute Gasteiger partial charge is 0.339 e.